The van der Waals surface area contributed by atoms with Crippen LogP contribution in [0.2, 0.25) is 0 Å². The highest BCUT2D eigenvalue weighted by Crippen LogP contribution is 2.59. The Hall–Kier alpha value is -3.65. The van der Waals surface area contributed by atoms with E-state index in [2.05, 4.69) is 48.5 Å². The van der Waals surface area contributed by atoms with Crippen molar-refractivity contribution in [1.82, 2.24) is 0 Å². The number of ketones is 1. The highest BCUT2D eigenvalue weighted by atomic mass is 16.5. The van der Waals surface area contributed by atoms with E-state index in [0.29, 0.717) is 0 Å². The van der Waals surface area contributed by atoms with Crippen molar-refractivity contribution in [2.75, 3.05) is 7.11 Å². The van der Waals surface area contributed by atoms with Gasteiger partial charge in [0.2, 0.25) is 0 Å². The van der Waals surface area contributed by atoms with Crippen molar-refractivity contribution >= 4 is 5.78 Å². The van der Waals surface area contributed by atoms with Gasteiger partial charge in [0.15, 0.2) is 5.78 Å². The van der Waals surface area contributed by atoms with Crippen molar-refractivity contribution in [1.29, 1.82) is 0 Å². The van der Waals surface area contributed by atoms with Gasteiger partial charge in [-0.1, -0.05) is 78.9 Å². The van der Waals surface area contributed by atoms with Crippen LogP contribution in [0.1, 0.15) is 38.2 Å². The van der Waals surface area contributed by atoms with Crippen LogP contribution in [-0.2, 0) is 5.41 Å². The molecule has 6 rings (SSSR count). The van der Waals surface area contributed by atoms with E-state index in [9.17, 15) is 4.79 Å². The van der Waals surface area contributed by atoms with Crippen LogP contribution in [0.15, 0.2) is 91.0 Å². The van der Waals surface area contributed by atoms with Crippen LogP contribution < -0.4 is 4.74 Å². The normalized spacial score (nSPS) is 14.7. The summed E-state index contributed by atoms with van der Waals surface area (Å²) in [6.07, 6.45) is 0. The van der Waals surface area contributed by atoms with Crippen LogP contribution in [0.4, 0.5) is 0 Å². The van der Waals surface area contributed by atoms with E-state index in [1.54, 1.807) is 7.11 Å². The van der Waals surface area contributed by atoms with Crippen molar-refractivity contribution in [3.05, 3.63) is 124 Å². The second-order valence-corrected chi connectivity index (χ2v) is 7.63. The first-order chi connectivity index (χ1) is 14.3. The summed E-state index contributed by atoms with van der Waals surface area (Å²) in [7, 11) is 1.70. The van der Waals surface area contributed by atoms with Gasteiger partial charge >= 0.3 is 0 Å². The first-order valence-electron chi connectivity index (χ1n) is 9.79. The summed E-state index contributed by atoms with van der Waals surface area (Å²) in [4.78, 5) is 13.4. The molecule has 4 aromatic rings. The van der Waals surface area contributed by atoms with E-state index in [1.165, 1.54) is 22.3 Å². The molecule has 0 radical (unpaired) electrons. The molecule has 2 aliphatic rings. The van der Waals surface area contributed by atoms with Crippen LogP contribution in [0, 0.1) is 0 Å². The Labute approximate surface area is 169 Å². The lowest BCUT2D eigenvalue weighted by molar-refractivity contribution is 0.103. The molecule has 0 N–H and O–H groups in total. The van der Waals surface area contributed by atoms with Gasteiger partial charge in [0, 0.05) is 11.1 Å². The van der Waals surface area contributed by atoms with Crippen LogP contribution in [0.3, 0.4) is 0 Å². The third-order valence-corrected chi connectivity index (χ3v) is 6.40. The van der Waals surface area contributed by atoms with E-state index in [0.717, 1.165) is 28.0 Å². The molecule has 0 bridgehead atoms. The molecule has 0 aliphatic heterocycles. The lowest BCUT2D eigenvalue weighted by Gasteiger charge is -2.39. The Kier molecular flexibility index (Phi) is 3.20. The summed E-state index contributed by atoms with van der Waals surface area (Å²) >= 11 is 0. The smallest absolute Gasteiger partial charge is 0.193 e. The van der Waals surface area contributed by atoms with Gasteiger partial charge in [-0.3, -0.25) is 4.79 Å². The molecule has 0 saturated heterocycles. The summed E-state index contributed by atoms with van der Waals surface area (Å²) in [5, 5.41) is 0. The minimum atomic E-state index is -0.526. The predicted molar refractivity (Wildman–Crippen MR) is 114 cm³/mol. The lowest BCUT2D eigenvalue weighted by atomic mass is 9.61. The number of methoxy groups -OCH3 is 1. The summed E-state index contributed by atoms with van der Waals surface area (Å²) < 4.78 is 5.60. The van der Waals surface area contributed by atoms with Crippen LogP contribution in [0.25, 0.3) is 11.1 Å². The summed E-state index contributed by atoms with van der Waals surface area (Å²) in [5.74, 6) is 0.915. The highest BCUT2D eigenvalue weighted by molar-refractivity contribution is 6.14. The molecular weight excluding hydrogens is 356 g/mol. The minimum absolute atomic E-state index is 0.0932. The zero-order chi connectivity index (χ0) is 19.6. The zero-order valence-electron chi connectivity index (χ0n) is 16.0. The number of fused-ring (bicyclic) bond motifs is 9. The van der Waals surface area contributed by atoms with Crippen LogP contribution in [0.5, 0.6) is 5.75 Å². The topological polar surface area (TPSA) is 26.3 Å². The standard InChI is InChI=1S/C27H18O2/c1-29-17-14-15-19-18-8-2-5-11-22(18)27(25(19)16-17)23-12-6-3-9-20(23)26(28)21-10-4-7-13-24(21)27/h2-16H,1H3. The predicted octanol–water partition coefficient (Wildman–Crippen LogP) is 5.60. The molecule has 29 heavy (non-hydrogen) atoms. The fourth-order valence-electron chi connectivity index (χ4n) is 5.27. The van der Waals surface area contributed by atoms with Crippen molar-refractivity contribution in [2.24, 2.45) is 0 Å². The maximum absolute atomic E-state index is 13.4. The minimum Gasteiger partial charge on any atom is -0.497 e. The Balaban J connectivity index is 1.86. The Morgan fingerprint density at radius 1 is 0.586 bits per heavy atom. The number of hydrogen-bond acceptors (Lipinski definition) is 2. The molecule has 2 heteroatoms. The number of rotatable bonds is 1. The van der Waals surface area contributed by atoms with E-state index in [1.807, 2.05) is 42.5 Å². The van der Waals surface area contributed by atoms with Crippen molar-refractivity contribution < 1.29 is 9.53 Å². The van der Waals surface area contributed by atoms with Gasteiger partial charge in [0.1, 0.15) is 5.75 Å². The van der Waals surface area contributed by atoms with Gasteiger partial charge in [0.25, 0.3) is 0 Å². The molecule has 2 nitrogen and oxygen atoms in total. The molecule has 138 valence electrons. The van der Waals surface area contributed by atoms with Gasteiger partial charge in [0.05, 0.1) is 12.5 Å². The molecule has 0 unspecified atom stereocenters. The Morgan fingerprint density at radius 2 is 1.07 bits per heavy atom. The summed E-state index contributed by atoms with van der Waals surface area (Å²) in [5.41, 5.74) is 7.91. The second kappa shape index (κ2) is 5.68. The number of benzene rings is 4. The zero-order valence-corrected chi connectivity index (χ0v) is 16.0. The molecule has 0 heterocycles. The SMILES string of the molecule is COc1ccc2c(c1)C1(c3ccccc3C(=O)c3ccccc31)c1ccccc1-2. The molecule has 0 atom stereocenters. The molecular formula is C27H18O2. The molecule has 0 amide bonds. The van der Waals surface area contributed by atoms with Gasteiger partial charge < -0.3 is 4.74 Å². The van der Waals surface area contributed by atoms with Crippen LogP contribution >= 0.6 is 0 Å². The molecule has 2 aliphatic carbocycles. The van der Waals surface area contributed by atoms with E-state index >= 15 is 0 Å². The first-order valence-corrected chi connectivity index (χ1v) is 9.79. The molecule has 0 aromatic heterocycles. The van der Waals surface area contributed by atoms with E-state index in [4.69, 9.17) is 4.74 Å². The molecule has 1 spiro atoms. The van der Waals surface area contributed by atoms with Crippen LogP contribution in [-0.4, -0.2) is 12.9 Å². The Morgan fingerprint density at radius 3 is 1.66 bits per heavy atom. The quantitative estimate of drug-likeness (QED) is 0.374. The van der Waals surface area contributed by atoms with Crippen molar-refractivity contribution in [3.63, 3.8) is 0 Å². The van der Waals surface area contributed by atoms with Gasteiger partial charge in [-0.25, -0.2) is 0 Å². The molecule has 0 fully saturated rings. The van der Waals surface area contributed by atoms with Crippen molar-refractivity contribution in [3.8, 4) is 16.9 Å². The van der Waals surface area contributed by atoms with Gasteiger partial charge in [-0.05, 0) is 45.5 Å². The number of ether oxygens (including phenoxy) is 1. The van der Waals surface area contributed by atoms with Crippen molar-refractivity contribution in [2.45, 2.75) is 5.41 Å². The fraction of sp³-hybridized carbons (Fsp3) is 0.0741. The second-order valence-electron chi connectivity index (χ2n) is 7.63. The summed E-state index contributed by atoms with van der Waals surface area (Å²) in [6, 6.07) is 30.9. The number of carbonyl (C=O) groups excluding carboxylic acids is 1. The lowest BCUT2D eigenvalue weighted by Crippen LogP contribution is -2.36. The maximum atomic E-state index is 13.4. The maximum Gasteiger partial charge on any atom is 0.193 e. The number of hydrogen-bond donors (Lipinski definition) is 0. The largest absolute Gasteiger partial charge is 0.497 e. The van der Waals surface area contributed by atoms with E-state index < -0.39 is 5.41 Å². The average Bonchev–Trinajstić information content (AvgIpc) is 3.08. The third kappa shape index (κ3) is 1.88. The first kappa shape index (κ1) is 16.3. The number of carbonyl (C=O) groups is 1. The highest BCUT2D eigenvalue weighted by Gasteiger charge is 2.51. The average molecular weight is 374 g/mol. The Bertz CT molecular complexity index is 1270. The van der Waals surface area contributed by atoms with Gasteiger partial charge in [-0.15, -0.1) is 0 Å². The fourth-order valence-corrected chi connectivity index (χ4v) is 5.27. The molecule has 4 aromatic carbocycles. The third-order valence-electron chi connectivity index (χ3n) is 6.40. The molecule has 0 saturated carbocycles. The monoisotopic (exact) mass is 374 g/mol. The summed E-state index contributed by atoms with van der Waals surface area (Å²) in [6.45, 7) is 0. The van der Waals surface area contributed by atoms with Gasteiger partial charge in [-0.2, -0.15) is 0 Å². The van der Waals surface area contributed by atoms with E-state index in [-0.39, 0.29) is 5.78 Å².